The van der Waals surface area contributed by atoms with Crippen molar-refractivity contribution in [1.82, 2.24) is 15.3 Å². The van der Waals surface area contributed by atoms with Crippen LogP contribution < -0.4 is 20.4 Å². The minimum atomic E-state index is -4.37. The van der Waals surface area contributed by atoms with E-state index < -0.39 is 11.7 Å². The van der Waals surface area contributed by atoms with Crippen LogP contribution in [-0.4, -0.2) is 61.5 Å². The van der Waals surface area contributed by atoms with E-state index in [4.69, 9.17) is 17.0 Å². The molecule has 1 fully saturated rings. The molecule has 2 aromatic heterocycles. The third-order valence-corrected chi connectivity index (χ3v) is 5.07. The van der Waals surface area contributed by atoms with Gasteiger partial charge in [-0.15, -0.1) is 0 Å². The van der Waals surface area contributed by atoms with Gasteiger partial charge in [-0.1, -0.05) is 0 Å². The van der Waals surface area contributed by atoms with Gasteiger partial charge in [0.25, 0.3) is 0 Å². The van der Waals surface area contributed by atoms with Gasteiger partial charge >= 0.3 is 6.18 Å². The lowest BCUT2D eigenvalue weighted by Gasteiger charge is -2.36. The Labute approximate surface area is 184 Å². The molecule has 31 heavy (non-hydrogen) atoms. The summed E-state index contributed by atoms with van der Waals surface area (Å²) in [4.78, 5) is 12.6. The number of aromatic nitrogens is 2. The number of nitrogens with zero attached hydrogens (tertiary/aromatic N) is 4. The van der Waals surface area contributed by atoms with E-state index in [0.29, 0.717) is 43.7 Å². The van der Waals surface area contributed by atoms with Crippen LogP contribution in [0.25, 0.3) is 0 Å². The fourth-order valence-corrected chi connectivity index (χ4v) is 3.37. The zero-order valence-electron chi connectivity index (χ0n) is 17.2. The van der Waals surface area contributed by atoms with Crippen LogP contribution in [0.5, 0.6) is 0 Å². The zero-order chi connectivity index (χ0) is 22.3. The molecule has 3 heterocycles. The second kappa shape index (κ2) is 10.6. The third-order valence-electron chi connectivity index (χ3n) is 4.82. The highest BCUT2D eigenvalue weighted by Gasteiger charge is 2.31. The molecule has 1 aliphatic rings. The molecular formula is C20H25F3N6OS. The van der Waals surface area contributed by atoms with Crippen molar-refractivity contribution in [2.24, 2.45) is 0 Å². The third kappa shape index (κ3) is 6.66. The van der Waals surface area contributed by atoms with Crippen molar-refractivity contribution in [3.05, 3.63) is 42.2 Å². The summed E-state index contributed by atoms with van der Waals surface area (Å²) in [5.41, 5.74) is 0.0537. The molecular weight excluding hydrogens is 429 g/mol. The molecule has 0 bridgehead atoms. The Morgan fingerprint density at radius 1 is 1.03 bits per heavy atom. The average molecular weight is 455 g/mol. The van der Waals surface area contributed by atoms with E-state index in [-0.39, 0.29) is 0 Å². The van der Waals surface area contributed by atoms with E-state index in [2.05, 4.69) is 25.5 Å². The van der Waals surface area contributed by atoms with Crippen molar-refractivity contribution >= 4 is 34.7 Å². The summed E-state index contributed by atoms with van der Waals surface area (Å²) in [6.45, 7) is 4.09. The second-order valence-corrected chi connectivity index (χ2v) is 7.42. The highest BCUT2D eigenvalue weighted by atomic mass is 32.1. The van der Waals surface area contributed by atoms with Gasteiger partial charge in [-0.3, -0.25) is 0 Å². The van der Waals surface area contributed by atoms with Gasteiger partial charge in [0, 0.05) is 52.6 Å². The van der Waals surface area contributed by atoms with Crippen LogP contribution in [0.2, 0.25) is 0 Å². The molecule has 0 aromatic carbocycles. The first-order valence-corrected chi connectivity index (χ1v) is 10.3. The summed E-state index contributed by atoms with van der Waals surface area (Å²) in [5.74, 6) is 1.39. The van der Waals surface area contributed by atoms with Gasteiger partial charge in [-0.25, -0.2) is 9.97 Å². The summed E-state index contributed by atoms with van der Waals surface area (Å²) < 4.78 is 43.1. The molecule has 11 heteroatoms. The summed E-state index contributed by atoms with van der Waals surface area (Å²) in [6, 6.07) is 6.32. The van der Waals surface area contributed by atoms with E-state index in [0.717, 1.165) is 36.7 Å². The van der Waals surface area contributed by atoms with Gasteiger partial charge in [-0.05, 0) is 42.9 Å². The van der Waals surface area contributed by atoms with Crippen molar-refractivity contribution in [3.8, 4) is 0 Å². The highest BCUT2D eigenvalue weighted by Crippen LogP contribution is 2.29. The van der Waals surface area contributed by atoms with Crippen molar-refractivity contribution in [1.29, 1.82) is 0 Å². The molecule has 168 valence electrons. The van der Waals surface area contributed by atoms with Crippen LogP contribution in [-0.2, 0) is 10.9 Å². The molecule has 0 saturated carbocycles. The Kier molecular flexibility index (Phi) is 7.85. The van der Waals surface area contributed by atoms with Crippen LogP contribution in [0.1, 0.15) is 12.0 Å². The fraction of sp³-hybridized carbons (Fsp3) is 0.450. The summed E-state index contributed by atoms with van der Waals surface area (Å²) in [6.07, 6.45) is -0.904. The molecule has 0 spiro atoms. The Morgan fingerprint density at radius 2 is 1.65 bits per heavy atom. The number of alkyl halides is 3. The van der Waals surface area contributed by atoms with Crippen LogP contribution in [0, 0.1) is 0 Å². The number of anilines is 3. The molecule has 0 aliphatic carbocycles. The first-order valence-electron chi connectivity index (χ1n) is 9.90. The average Bonchev–Trinajstić information content (AvgIpc) is 2.77. The van der Waals surface area contributed by atoms with Gasteiger partial charge in [0.15, 0.2) is 5.11 Å². The molecule has 0 radical (unpaired) electrons. The Balaban J connectivity index is 1.48. The maximum atomic E-state index is 12.7. The minimum absolute atomic E-state index is 0.531. The molecule has 2 aromatic rings. The molecule has 1 aliphatic heterocycles. The molecule has 2 N–H and O–H groups in total. The van der Waals surface area contributed by atoms with Crippen LogP contribution in [0.15, 0.2) is 36.7 Å². The lowest BCUT2D eigenvalue weighted by Crippen LogP contribution is -2.47. The fourth-order valence-electron chi connectivity index (χ4n) is 3.15. The van der Waals surface area contributed by atoms with Gasteiger partial charge < -0.3 is 25.2 Å². The predicted molar refractivity (Wildman–Crippen MR) is 119 cm³/mol. The molecule has 3 rings (SSSR count). The maximum Gasteiger partial charge on any atom is 0.417 e. The SMILES string of the molecule is COCCCNC(=S)Nc1ccc(N2CCN(c3ccc(C(F)(F)F)cn3)CC2)nc1. The molecule has 7 nitrogen and oxygen atoms in total. The van der Waals surface area contributed by atoms with Gasteiger partial charge in [0.05, 0.1) is 17.4 Å². The molecule has 0 amide bonds. The van der Waals surface area contributed by atoms with E-state index in [1.807, 2.05) is 17.0 Å². The number of piperazine rings is 1. The highest BCUT2D eigenvalue weighted by molar-refractivity contribution is 7.80. The maximum absolute atomic E-state index is 12.7. The normalized spacial score (nSPS) is 14.5. The van der Waals surface area contributed by atoms with Gasteiger partial charge in [-0.2, -0.15) is 13.2 Å². The smallest absolute Gasteiger partial charge is 0.385 e. The van der Waals surface area contributed by atoms with Gasteiger partial charge in [0.2, 0.25) is 0 Å². The number of pyridine rings is 2. The molecule has 1 saturated heterocycles. The largest absolute Gasteiger partial charge is 0.417 e. The standard InChI is InChI=1S/C20H25F3N6OS/c1-30-12-2-7-24-19(31)27-16-4-6-18(26-14-16)29-10-8-28(9-11-29)17-5-3-15(13-25-17)20(21,22)23/h3-6,13-14H,2,7-12H2,1H3,(H2,24,27,31). The zero-order valence-corrected chi connectivity index (χ0v) is 18.0. The number of hydrogen-bond acceptors (Lipinski definition) is 6. The second-order valence-electron chi connectivity index (χ2n) is 7.01. The topological polar surface area (TPSA) is 65.6 Å². The first kappa shape index (κ1) is 23.0. The van der Waals surface area contributed by atoms with Crippen LogP contribution in [0.3, 0.4) is 0 Å². The first-order chi connectivity index (χ1) is 14.9. The van der Waals surface area contributed by atoms with E-state index >= 15 is 0 Å². The number of rotatable bonds is 7. The minimum Gasteiger partial charge on any atom is -0.385 e. The molecule has 0 atom stereocenters. The number of hydrogen-bond donors (Lipinski definition) is 2. The van der Waals surface area contributed by atoms with Crippen LogP contribution in [0.4, 0.5) is 30.5 Å². The quantitative estimate of drug-likeness (QED) is 0.489. The number of methoxy groups -OCH3 is 1. The van der Waals surface area contributed by atoms with Gasteiger partial charge in [0.1, 0.15) is 11.6 Å². The monoisotopic (exact) mass is 454 g/mol. The Morgan fingerprint density at radius 3 is 2.13 bits per heavy atom. The molecule has 0 unspecified atom stereocenters. The number of nitrogens with one attached hydrogen (secondary N) is 2. The number of halogens is 3. The lowest BCUT2D eigenvalue weighted by atomic mass is 10.2. The van der Waals surface area contributed by atoms with Crippen molar-refractivity contribution < 1.29 is 17.9 Å². The number of ether oxygens (including phenoxy) is 1. The van der Waals surface area contributed by atoms with Crippen molar-refractivity contribution in [3.63, 3.8) is 0 Å². The van der Waals surface area contributed by atoms with Crippen molar-refractivity contribution in [2.45, 2.75) is 12.6 Å². The Bertz CT molecular complexity index is 839. The number of thiocarbonyl (C=S) groups is 1. The van der Waals surface area contributed by atoms with Crippen LogP contribution >= 0.6 is 12.2 Å². The Hall–Kier alpha value is -2.66. The predicted octanol–water partition coefficient (Wildman–Crippen LogP) is 3.14. The van der Waals surface area contributed by atoms with E-state index in [1.165, 1.54) is 6.07 Å². The van der Waals surface area contributed by atoms with E-state index in [9.17, 15) is 13.2 Å². The summed E-state index contributed by atoms with van der Waals surface area (Å²) in [7, 11) is 1.66. The summed E-state index contributed by atoms with van der Waals surface area (Å²) >= 11 is 5.26. The lowest BCUT2D eigenvalue weighted by molar-refractivity contribution is -0.137. The van der Waals surface area contributed by atoms with E-state index in [1.54, 1.807) is 13.3 Å². The summed E-state index contributed by atoms with van der Waals surface area (Å²) in [5, 5.41) is 6.73. The van der Waals surface area contributed by atoms with Crippen molar-refractivity contribution in [2.75, 3.05) is 61.6 Å².